The molecule has 0 saturated carbocycles. The van der Waals surface area contributed by atoms with Crippen LogP contribution in [0.2, 0.25) is 0 Å². The third-order valence-electron chi connectivity index (χ3n) is 5.01. The Kier molecular flexibility index (Phi) is 7.00. The Labute approximate surface area is 175 Å². The van der Waals surface area contributed by atoms with Crippen molar-refractivity contribution in [3.8, 4) is 0 Å². The second kappa shape index (κ2) is 9.87. The first-order valence-electron chi connectivity index (χ1n) is 10.2. The van der Waals surface area contributed by atoms with E-state index in [4.69, 9.17) is 0 Å². The summed E-state index contributed by atoms with van der Waals surface area (Å²) in [5.74, 6) is -0.537. The lowest BCUT2D eigenvalue weighted by atomic mass is 10.1. The molecule has 1 aliphatic rings. The van der Waals surface area contributed by atoms with Gasteiger partial charge in [-0.15, -0.1) is 0 Å². The molecule has 8 nitrogen and oxygen atoms in total. The second-order valence-electron chi connectivity index (χ2n) is 7.34. The van der Waals surface area contributed by atoms with Crippen LogP contribution in [0.3, 0.4) is 0 Å². The summed E-state index contributed by atoms with van der Waals surface area (Å²) in [7, 11) is 0. The highest BCUT2D eigenvalue weighted by molar-refractivity contribution is 6.05. The molecule has 1 heterocycles. The summed E-state index contributed by atoms with van der Waals surface area (Å²) in [6.07, 6.45) is 4.30. The van der Waals surface area contributed by atoms with E-state index in [-0.39, 0.29) is 17.2 Å². The van der Waals surface area contributed by atoms with Crippen molar-refractivity contribution in [3.63, 3.8) is 0 Å². The van der Waals surface area contributed by atoms with E-state index in [1.807, 2.05) is 11.8 Å². The van der Waals surface area contributed by atoms with Gasteiger partial charge < -0.3 is 15.5 Å². The van der Waals surface area contributed by atoms with Gasteiger partial charge in [0, 0.05) is 42.5 Å². The molecule has 30 heavy (non-hydrogen) atoms. The lowest BCUT2D eigenvalue weighted by Crippen LogP contribution is -2.30. The monoisotopic (exact) mass is 410 g/mol. The minimum atomic E-state index is -0.444. The molecule has 2 aromatic rings. The molecule has 0 bridgehead atoms. The van der Waals surface area contributed by atoms with Crippen LogP contribution in [0.15, 0.2) is 42.5 Å². The fourth-order valence-electron chi connectivity index (χ4n) is 3.54. The number of nitrogens with one attached hydrogen (secondary N) is 2. The maximum absolute atomic E-state index is 12.7. The average molecular weight is 410 g/mol. The molecule has 0 spiro atoms. The lowest BCUT2D eigenvalue weighted by molar-refractivity contribution is -0.384. The molecule has 0 atom stereocenters. The van der Waals surface area contributed by atoms with Crippen molar-refractivity contribution in [1.82, 2.24) is 0 Å². The van der Waals surface area contributed by atoms with Crippen LogP contribution >= 0.6 is 0 Å². The predicted molar refractivity (Wildman–Crippen MR) is 117 cm³/mol. The zero-order valence-electron chi connectivity index (χ0n) is 17.0. The smallest absolute Gasteiger partial charge is 0.293 e. The Balaban J connectivity index is 1.76. The van der Waals surface area contributed by atoms with Crippen LogP contribution < -0.4 is 15.5 Å². The molecule has 3 rings (SSSR count). The van der Waals surface area contributed by atoms with Crippen molar-refractivity contribution in [1.29, 1.82) is 0 Å². The number of benzene rings is 2. The fraction of sp³-hybridized carbons (Fsp3) is 0.364. The number of nitro benzene ring substituents is 1. The van der Waals surface area contributed by atoms with Gasteiger partial charge in [-0.05, 0) is 56.0 Å². The molecule has 8 heteroatoms. The summed E-state index contributed by atoms with van der Waals surface area (Å²) >= 11 is 0. The van der Waals surface area contributed by atoms with Gasteiger partial charge in [0.05, 0.1) is 4.92 Å². The molecule has 0 unspecified atom stereocenters. The lowest BCUT2D eigenvalue weighted by Gasteiger charge is -2.28. The van der Waals surface area contributed by atoms with Crippen molar-refractivity contribution in [2.45, 2.75) is 39.0 Å². The molecule has 2 N–H and O–H groups in total. The number of carbonyl (C=O) groups is 2. The minimum Gasteiger partial charge on any atom is -0.366 e. The molecule has 1 fully saturated rings. The SMILES string of the molecule is CCCC(=O)Nc1cccc(NC(=O)c2ccc(N3CCCCC3)c([N+](=O)[O-])c2)c1. The summed E-state index contributed by atoms with van der Waals surface area (Å²) in [5, 5.41) is 17.1. The highest BCUT2D eigenvalue weighted by atomic mass is 16.6. The van der Waals surface area contributed by atoms with Crippen LogP contribution in [0.5, 0.6) is 0 Å². The molecular formula is C22H26N4O4. The van der Waals surface area contributed by atoms with Gasteiger partial charge in [-0.3, -0.25) is 19.7 Å². The zero-order valence-corrected chi connectivity index (χ0v) is 17.0. The van der Waals surface area contributed by atoms with Crippen LogP contribution in [-0.4, -0.2) is 29.8 Å². The molecule has 1 aliphatic heterocycles. The van der Waals surface area contributed by atoms with Crippen LogP contribution in [-0.2, 0) is 4.79 Å². The molecule has 0 aromatic heterocycles. The maximum atomic E-state index is 12.7. The van der Waals surface area contributed by atoms with Crippen LogP contribution in [0.1, 0.15) is 49.4 Å². The van der Waals surface area contributed by atoms with Crippen molar-refractivity contribution in [3.05, 3.63) is 58.1 Å². The van der Waals surface area contributed by atoms with E-state index in [0.29, 0.717) is 23.5 Å². The number of carbonyl (C=O) groups excluding carboxylic acids is 2. The number of amides is 2. The third-order valence-corrected chi connectivity index (χ3v) is 5.01. The first-order valence-corrected chi connectivity index (χ1v) is 10.2. The summed E-state index contributed by atoms with van der Waals surface area (Å²) < 4.78 is 0. The zero-order chi connectivity index (χ0) is 21.5. The Morgan fingerprint density at radius 2 is 1.73 bits per heavy atom. The fourth-order valence-corrected chi connectivity index (χ4v) is 3.54. The van der Waals surface area contributed by atoms with Crippen molar-refractivity contribution in [2.24, 2.45) is 0 Å². The largest absolute Gasteiger partial charge is 0.366 e. The van der Waals surface area contributed by atoms with Crippen molar-refractivity contribution in [2.75, 3.05) is 28.6 Å². The third kappa shape index (κ3) is 5.34. The van der Waals surface area contributed by atoms with Crippen LogP contribution in [0.4, 0.5) is 22.7 Å². The van der Waals surface area contributed by atoms with Crippen LogP contribution in [0.25, 0.3) is 0 Å². The summed E-state index contributed by atoms with van der Waals surface area (Å²) in [6, 6.07) is 11.4. The molecule has 0 aliphatic carbocycles. The van der Waals surface area contributed by atoms with Gasteiger partial charge in [0.25, 0.3) is 11.6 Å². The number of piperidine rings is 1. The Morgan fingerprint density at radius 1 is 1.03 bits per heavy atom. The van der Waals surface area contributed by atoms with Gasteiger partial charge in [0.1, 0.15) is 5.69 Å². The normalized spacial score (nSPS) is 13.6. The second-order valence-corrected chi connectivity index (χ2v) is 7.34. The van der Waals surface area contributed by atoms with Crippen LogP contribution in [0, 0.1) is 10.1 Å². The Bertz CT molecular complexity index is 938. The number of hydrogen-bond donors (Lipinski definition) is 2. The van der Waals surface area contributed by atoms with Crippen molar-refractivity contribution >= 4 is 34.6 Å². The number of nitrogens with zero attached hydrogens (tertiary/aromatic N) is 2. The molecule has 158 valence electrons. The maximum Gasteiger partial charge on any atom is 0.293 e. The quantitative estimate of drug-likeness (QED) is 0.514. The topological polar surface area (TPSA) is 105 Å². The minimum absolute atomic E-state index is 0.0647. The first-order chi connectivity index (χ1) is 14.5. The van der Waals surface area contributed by atoms with E-state index < -0.39 is 10.8 Å². The van der Waals surface area contributed by atoms with Gasteiger partial charge in [0.2, 0.25) is 5.91 Å². The standard InChI is InChI=1S/C22H26N4O4/c1-2-7-21(27)23-17-8-6-9-18(15-17)24-22(28)16-10-11-19(20(14-16)26(29)30)25-12-4-3-5-13-25/h6,8-11,14-15H,2-5,7,12-13H2,1H3,(H,23,27)(H,24,28). The molecule has 0 radical (unpaired) electrons. The number of anilines is 3. The van der Waals surface area contributed by atoms with E-state index in [2.05, 4.69) is 10.6 Å². The molecule has 2 aromatic carbocycles. The highest BCUT2D eigenvalue weighted by Crippen LogP contribution is 2.31. The summed E-state index contributed by atoms with van der Waals surface area (Å²) in [6.45, 7) is 3.48. The van der Waals surface area contributed by atoms with E-state index in [9.17, 15) is 19.7 Å². The van der Waals surface area contributed by atoms with E-state index in [1.54, 1.807) is 36.4 Å². The van der Waals surface area contributed by atoms with Gasteiger partial charge in [-0.1, -0.05) is 13.0 Å². The highest BCUT2D eigenvalue weighted by Gasteiger charge is 2.23. The summed E-state index contributed by atoms with van der Waals surface area (Å²) in [5.41, 5.74) is 1.78. The van der Waals surface area contributed by atoms with E-state index in [1.165, 1.54) is 6.07 Å². The van der Waals surface area contributed by atoms with E-state index >= 15 is 0 Å². The molecule has 2 amide bonds. The molecular weight excluding hydrogens is 384 g/mol. The summed E-state index contributed by atoms with van der Waals surface area (Å²) in [4.78, 5) is 37.6. The predicted octanol–water partition coefficient (Wildman–Crippen LogP) is 4.58. The Morgan fingerprint density at radius 3 is 2.40 bits per heavy atom. The number of nitro groups is 1. The van der Waals surface area contributed by atoms with E-state index in [0.717, 1.165) is 38.8 Å². The van der Waals surface area contributed by atoms with Gasteiger partial charge >= 0.3 is 0 Å². The molecule has 1 saturated heterocycles. The number of rotatable bonds is 7. The number of hydrogen-bond acceptors (Lipinski definition) is 5. The Hall–Kier alpha value is -3.42. The van der Waals surface area contributed by atoms with Gasteiger partial charge in [-0.2, -0.15) is 0 Å². The van der Waals surface area contributed by atoms with Gasteiger partial charge in [0.15, 0.2) is 0 Å². The average Bonchev–Trinajstić information content (AvgIpc) is 2.74. The first kappa shape index (κ1) is 21.3. The van der Waals surface area contributed by atoms with Gasteiger partial charge in [-0.25, -0.2) is 0 Å². The van der Waals surface area contributed by atoms with Crippen molar-refractivity contribution < 1.29 is 14.5 Å².